The van der Waals surface area contributed by atoms with Crippen LogP contribution < -0.4 is 15.6 Å². The summed E-state index contributed by atoms with van der Waals surface area (Å²) in [5, 5.41) is 7.19. The summed E-state index contributed by atoms with van der Waals surface area (Å²) < 4.78 is 0. The minimum atomic E-state index is -0.268. The fourth-order valence-electron chi connectivity index (χ4n) is 4.70. The van der Waals surface area contributed by atoms with Crippen LogP contribution in [0.15, 0.2) is 114 Å². The van der Waals surface area contributed by atoms with Crippen LogP contribution in [0.1, 0.15) is 38.8 Å². The molecule has 4 aromatic carbocycles. The normalized spacial score (nSPS) is 14.0. The van der Waals surface area contributed by atoms with Crippen LogP contribution in [0.2, 0.25) is 0 Å². The molecule has 5 rings (SSSR count). The van der Waals surface area contributed by atoms with Gasteiger partial charge < -0.3 is 10.2 Å². The molecule has 0 saturated carbocycles. The molecular weight excluding hydrogens is 498 g/mol. The quantitative estimate of drug-likeness (QED) is 0.235. The third kappa shape index (κ3) is 7.01. The van der Waals surface area contributed by atoms with Crippen LogP contribution in [0.25, 0.3) is 0 Å². The van der Waals surface area contributed by atoms with E-state index in [9.17, 15) is 9.59 Å². The van der Waals surface area contributed by atoms with E-state index >= 15 is 0 Å². The molecule has 0 radical (unpaired) electrons. The van der Waals surface area contributed by atoms with E-state index in [1.165, 1.54) is 11.3 Å². The van der Waals surface area contributed by atoms with Crippen LogP contribution in [-0.4, -0.2) is 48.6 Å². The predicted molar refractivity (Wildman–Crippen MR) is 161 cm³/mol. The zero-order chi connectivity index (χ0) is 27.7. The first-order chi connectivity index (χ1) is 19.5. The Bertz CT molecular complexity index is 1460. The fraction of sp³-hybridized carbons (Fsp3) is 0.182. The standard InChI is InChI=1S/C33H33N5O2/c1-25(29-11-8-12-30(23-29)34-32(39)27-9-4-2-5-10-27)35-36-33(40)28-17-15-26(16-18-28)24-37-19-21-38(22-20-37)31-13-6-3-7-14-31/h2-18,23H,19-22,24H2,1H3,(H,34,39)(H,36,40)/b35-25-. The monoisotopic (exact) mass is 531 g/mol. The van der Waals surface area contributed by atoms with Crippen LogP contribution in [-0.2, 0) is 6.54 Å². The lowest BCUT2D eigenvalue weighted by Crippen LogP contribution is -2.45. The van der Waals surface area contributed by atoms with Gasteiger partial charge in [-0.15, -0.1) is 0 Å². The minimum Gasteiger partial charge on any atom is -0.369 e. The van der Waals surface area contributed by atoms with Gasteiger partial charge in [-0.05, 0) is 66.6 Å². The lowest BCUT2D eigenvalue weighted by Gasteiger charge is -2.36. The summed E-state index contributed by atoms with van der Waals surface area (Å²) in [4.78, 5) is 30.1. The van der Waals surface area contributed by atoms with Gasteiger partial charge in [-0.1, -0.05) is 60.7 Å². The Hall–Kier alpha value is -4.75. The third-order valence-electron chi connectivity index (χ3n) is 7.02. The number of anilines is 2. The number of carbonyl (C=O) groups excluding carboxylic acids is 2. The van der Waals surface area contributed by atoms with Crippen molar-refractivity contribution >= 4 is 28.9 Å². The van der Waals surface area contributed by atoms with Crippen LogP contribution in [0.4, 0.5) is 11.4 Å². The van der Waals surface area contributed by atoms with Crippen molar-refractivity contribution in [2.24, 2.45) is 5.10 Å². The zero-order valence-electron chi connectivity index (χ0n) is 22.6. The molecule has 0 spiro atoms. The Morgan fingerprint density at radius 1 is 0.700 bits per heavy atom. The number of hydrazone groups is 1. The number of amides is 2. The van der Waals surface area contributed by atoms with E-state index in [0.717, 1.165) is 38.3 Å². The van der Waals surface area contributed by atoms with Gasteiger partial charge in [0.05, 0.1) is 5.71 Å². The van der Waals surface area contributed by atoms with Gasteiger partial charge in [-0.25, -0.2) is 5.43 Å². The maximum atomic E-state index is 12.7. The summed E-state index contributed by atoms with van der Waals surface area (Å²) in [6.45, 7) is 6.69. The summed E-state index contributed by atoms with van der Waals surface area (Å²) in [5.74, 6) is -0.450. The fourth-order valence-corrected chi connectivity index (χ4v) is 4.70. The minimum absolute atomic E-state index is 0.182. The number of benzene rings is 4. The smallest absolute Gasteiger partial charge is 0.271 e. The van der Waals surface area contributed by atoms with E-state index in [-0.39, 0.29) is 11.8 Å². The van der Waals surface area contributed by atoms with E-state index in [1.54, 1.807) is 12.1 Å². The highest BCUT2D eigenvalue weighted by Crippen LogP contribution is 2.17. The average Bonchev–Trinajstić information content (AvgIpc) is 3.01. The summed E-state index contributed by atoms with van der Waals surface area (Å²) in [7, 11) is 0. The lowest BCUT2D eigenvalue weighted by atomic mass is 10.1. The first kappa shape index (κ1) is 26.8. The van der Waals surface area contributed by atoms with Crippen molar-refractivity contribution < 1.29 is 9.59 Å². The Morgan fingerprint density at radius 3 is 2.02 bits per heavy atom. The molecule has 0 bridgehead atoms. The Labute approximate surface area is 235 Å². The van der Waals surface area contributed by atoms with Gasteiger partial charge in [0, 0.05) is 55.2 Å². The maximum Gasteiger partial charge on any atom is 0.271 e. The largest absolute Gasteiger partial charge is 0.369 e. The molecule has 1 heterocycles. The van der Waals surface area contributed by atoms with Gasteiger partial charge >= 0.3 is 0 Å². The SMILES string of the molecule is C/C(=N/NC(=O)c1ccc(CN2CCN(c3ccccc3)CC2)cc1)c1cccc(NC(=O)c2ccccc2)c1. The molecule has 4 aromatic rings. The Balaban J connectivity index is 1.12. The lowest BCUT2D eigenvalue weighted by molar-refractivity contribution is 0.0954. The van der Waals surface area contributed by atoms with Crippen molar-refractivity contribution in [1.29, 1.82) is 0 Å². The van der Waals surface area contributed by atoms with Gasteiger partial charge in [-0.2, -0.15) is 5.10 Å². The Kier molecular flexibility index (Phi) is 8.63. The number of hydrogen-bond acceptors (Lipinski definition) is 5. The molecule has 202 valence electrons. The molecule has 0 unspecified atom stereocenters. The van der Waals surface area contributed by atoms with Gasteiger partial charge in [-0.3, -0.25) is 14.5 Å². The molecule has 7 heteroatoms. The molecule has 1 aliphatic heterocycles. The highest BCUT2D eigenvalue weighted by molar-refractivity contribution is 6.06. The zero-order valence-corrected chi connectivity index (χ0v) is 22.6. The number of hydrogen-bond donors (Lipinski definition) is 2. The second-order valence-electron chi connectivity index (χ2n) is 9.83. The predicted octanol–water partition coefficient (Wildman–Crippen LogP) is 5.42. The topological polar surface area (TPSA) is 77.0 Å². The Morgan fingerprint density at radius 2 is 1.32 bits per heavy atom. The first-order valence-electron chi connectivity index (χ1n) is 13.5. The summed E-state index contributed by atoms with van der Waals surface area (Å²) in [6, 6.07) is 34.7. The van der Waals surface area contributed by atoms with Crippen molar-refractivity contribution in [3.8, 4) is 0 Å². The average molecular weight is 532 g/mol. The van der Waals surface area contributed by atoms with Crippen molar-refractivity contribution in [1.82, 2.24) is 10.3 Å². The van der Waals surface area contributed by atoms with Crippen molar-refractivity contribution in [3.63, 3.8) is 0 Å². The van der Waals surface area contributed by atoms with Crippen LogP contribution in [0, 0.1) is 0 Å². The molecular formula is C33H33N5O2. The number of nitrogens with one attached hydrogen (secondary N) is 2. The van der Waals surface area contributed by atoms with E-state index in [2.05, 4.69) is 49.9 Å². The molecule has 40 heavy (non-hydrogen) atoms. The van der Waals surface area contributed by atoms with E-state index < -0.39 is 0 Å². The molecule has 2 amide bonds. The second kappa shape index (κ2) is 12.9. The molecule has 1 aliphatic rings. The second-order valence-corrected chi connectivity index (χ2v) is 9.83. The highest BCUT2D eigenvalue weighted by atomic mass is 16.2. The number of para-hydroxylation sites is 1. The maximum absolute atomic E-state index is 12.7. The van der Waals surface area contributed by atoms with Gasteiger partial charge in [0.2, 0.25) is 0 Å². The highest BCUT2D eigenvalue weighted by Gasteiger charge is 2.17. The van der Waals surface area contributed by atoms with Gasteiger partial charge in [0.25, 0.3) is 11.8 Å². The van der Waals surface area contributed by atoms with Gasteiger partial charge in [0.1, 0.15) is 0 Å². The van der Waals surface area contributed by atoms with Crippen LogP contribution in [0.5, 0.6) is 0 Å². The van der Waals surface area contributed by atoms with Crippen molar-refractivity contribution in [2.45, 2.75) is 13.5 Å². The number of piperazine rings is 1. The summed E-state index contributed by atoms with van der Waals surface area (Å²) in [5.41, 5.74) is 8.34. The molecule has 1 fully saturated rings. The van der Waals surface area contributed by atoms with Crippen molar-refractivity contribution in [3.05, 3.63) is 131 Å². The van der Waals surface area contributed by atoms with Crippen LogP contribution in [0.3, 0.4) is 0 Å². The van der Waals surface area contributed by atoms with Gasteiger partial charge in [0.15, 0.2) is 0 Å². The number of nitrogens with zero attached hydrogens (tertiary/aromatic N) is 3. The summed E-state index contributed by atoms with van der Waals surface area (Å²) >= 11 is 0. The third-order valence-corrected chi connectivity index (χ3v) is 7.02. The molecule has 0 aliphatic carbocycles. The first-order valence-corrected chi connectivity index (χ1v) is 13.5. The van der Waals surface area contributed by atoms with Crippen molar-refractivity contribution in [2.75, 3.05) is 36.4 Å². The molecule has 0 atom stereocenters. The number of rotatable bonds is 8. The molecule has 2 N–H and O–H groups in total. The van der Waals surface area contributed by atoms with E-state index in [4.69, 9.17) is 0 Å². The summed E-state index contributed by atoms with van der Waals surface area (Å²) in [6.07, 6.45) is 0. The number of carbonyl (C=O) groups is 2. The van der Waals surface area contributed by atoms with Crippen LogP contribution >= 0.6 is 0 Å². The molecule has 1 saturated heterocycles. The van der Waals surface area contributed by atoms with E-state index in [0.29, 0.717) is 22.5 Å². The molecule has 7 nitrogen and oxygen atoms in total. The van der Waals surface area contributed by atoms with E-state index in [1.807, 2.05) is 79.7 Å². The molecule has 0 aromatic heterocycles.